The zero-order valence-electron chi connectivity index (χ0n) is 11.9. The van der Waals surface area contributed by atoms with E-state index in [0.717, 1.165) is 5.56 Å². The first-order valence-electron chi connectivity index (χ1n) is 6.54. The van der Waals surface area contributed by atoms with E-state index in [0.29, 0.717) is 18.8 Å². The molecule has 2 N–H and O–H groups in total. The molecular weight excluding hydrogens is 268 g/mol. The number of hydrogen-bond donors (Lipinski definition) is 2. The van der Waals surface area contributed by atoms with E-state index in [1.54, 1.807) is 37.3 Å². The Hall–Kier alpha value is -2.58. The molecule has 0 spiro atoms. The maximum Gasteiger partial charge on any atom is 0.330 e. The highest BCUT2D eigenvalue weighted by molar-refractivity contribution is 5.92. The van der Waals surface area contributed by atoms with Crippen LogP contribution in [0.4, 0.5) is 5.69 Å². The molecule has 0 aliphatic heterocycles. The van der Waals surface area contributed by atoms with Crippen molar-refractivity contribution in [1.29, 1.82) is 0 Å². The molecule has 1 aromatic rings. The van der Waals surface area contributed by atoms with Crippen molar-refractivity contribution in [3.05, 3.63) is 35.9 Å². The highest BCUT2D eigenvalue weighted by atomic mass is 16.5. The lowest BCUT2D eigenvalue weighted by Gasteiger charge is -2.05. The van der Waals surface area contributed by atoms with Gasteiger partial charge in [-0.05, 0) is 30.7 Å². The monoisotopic (exact) mass is 286 g/mol. The molecule has 1 rings (SSSR count). The van der Waals surface area contributed by atoms with Gasteiger partial charge in [-0.1, -0.05) is 18.1 Å². The van der Waals surface area contributed by atoms with E-state index in [2.05, 4.69) is 16.6 Å². The molecule has 0 saturated carbocycles. The second kappa shape index (κ2) is 9.34. The Morgan fingerprint density at radius 2 is 2.05 bits per heavy atom. The lowest BCUT2D eigenvalue weighted by molar-refractivity contribution is -0.137. The van der Waals surface area contributed by atoms with Gasteiger partial charge in [0.15, 0.2) is 0 Å². The first-order valence-corrected chi connectivity index (χ1v) is 6.54. The van der Waals surface area contributed by atoms with Gasteiger partial charge in [0.25, 0.3) is 0 Å². The summed E-state index contributed by atoms with van der Waals surface area (Å²) in [6.07, 6.45) is 8.08. The molecule has 1 aromatic carbocycles. The third-order valence-electron chi connectivity index (χ3n) is 2.41. The summed E-state index contributed by atoms with van der Waals surface area (Å²) in [7, 11) is 0. The van der Waals surface area contributed by atoms with E-state index in [-0.39, 0.29) is 18.4 Å². The van der Waals surface area contributed by atoms with Crippen LogP contribution in [0.1, 0.15) is 12.5 Å². The molecule has 0 fully saturated rings. The third-order valence-corrected chi connectivity index (χ3v) is 2.41. The second-order valence-corrected chi connectivity index (χ2v) is 4.06. The summed E-state index contributed by atoms with van der Waals surface area (Å²) in [5.74, 6) is 1.84. The molecule has 0 aliphatic carbocycles. The highest BCUT2D eigenvalue weighted by Crippen LogP contribution is 2.10. The van der Waals surface area contributed by atoms with Gasteiger partial charge in [0.05, 0.1) is 19.7 Å². The Bertz CT molecular complexity index is 542. The molecule has 0 aromatic heterocycles. The minimum absolute atomic E-state index is 0.161. The molecule has 0 atom stereocenters. The Morgan fingerprint density at radius 1 is 1.33 bits per heavy atom. The van der Waals surface area contributed by atoms with Crippen molar-refractivity contribution in [2.24, 2.45) is 0 Å². The fourth-order valence-electron chi connectivity index (χ4n) is 1.49. The number of ether oxygens (including phenoxy) is 1. The Labute approximate surface area is 124 Å². The summed E-state index contributed by atoms with van der Waals surface area (Å²) < 4.78 is 4.78. The van der Waals surface area contributed by atoms with E-state index >= 15 is 0 Å². The number of anilines is 1. The number of esters is 1. The number of terminal acetylenes is 1. The average molecular weight is 286 g/mol. The van der Waals surface area contributed by atoms with Crippen molar-refractivity contribution in [2.75, 3.05) is 25.0 Å². The molecule has 0 aliphatic rings. The Morgan fingerprint density at radius 3 is 2.67 bits per heavy atom. The van der Waals surface area contributed by atoms with Crippen molar-refractivity contribution in [1.82, 2.24) is 5.32 Å². The zero-order chi connectivity index (χ0) is 15.5. The van der Waals surface area contributed by atoms with Crippen LogP contribution in [-0.2, 0) is 14.3 Å². The van der Waals surface area contributed by atoms with E-state index in [4.69, 9.17) is 11.2 Å². The topological polar surface area (TPSA) is 67.4 Å². The second-order valence-electron chi connectivity index (χ2n) is 4.06. The summed E-state index contributed by atoms with van der Waals surface area (Å²) in [5.41, 5.74) is 1.52. The van der Waals surface area contributed by atoms with Crippen LogP contribution < -0.4 is 10.6 Å². The van der Waals surface area contributed by atoms with Gasteiger partial charge in [-0.15, -0.1) is 6.42 Å². The molecule has 0 unspecified atom stereocenters. The Kier molecular flexibility index (Phi) is 7.33. The third kappa shape index (κ3) is 6.95. The molecule has 0 saturated heterocycles. The molecule has 0 radical (unpaired) electrons. The maximum atomic E-state index is 11.5. The van der Waals surface area contributed by atoms with E-state index in [1.807, 2.05) is 0 Å². The quantitative estimate of drug-likeness (QED) is 0.344. The fraction of sp³-hybridized carbons (Fsp3) is 0.250. The summed E-state index contributed by atoms with van der Waals surface area (Å²) >= 11 is 0. The van der Waals surface area contributed by atoms with Crippen LogP contribution in [-0.4, -0.2) is 31.6 Å². The molecule has 110 valence electrons. The Balaban J connectivity index is 2.48. The number of nitrogens with one attached hydrogen (secondary N) is 2. The molecule has 0 heterocycles. The van der Waals surface area contributed by atoms with Crippen LogP contribution in [0.3, 0.4) is 0 Å². The SMILES string of the molecule is C#CCNCC(=O)Nc1ccc(/C=C/C(=O)OCC)cc1. The van der Waals surface area contributed by atoms with E-state index in [9.17, 15) is 9.59 Å². The van der Waals surface area contributed by atoms with Gasteiger partial charge in [0.2, 0.25) is 5.91 Å². The zero-order valence-corrected chi connectivity index (χ0v) is 11.9. The lowest BCUT2D eigenvalue weighted by Crippen LogP contribution is -2.28. The minimum Gasteiger partial charge on any atom is -0.463 e. The van der Waals surface area contributed by atoms with Crippen LogP contribution in [0.2, 0.25) is 0 Å². The normalized spacial score (nSPS) is 10.1. The predicted octanol–water partition coefficient (Wildman–Crippen LogP) is 1.42. The van der Waals surface area contributed by atoms with Gasteiger partial charge in [-0.2, -0.15) is 0 Å². The number of benzene rings is 1. The smallest absolute Gasteiger partial charge is 0.330 e. The molecule has 0 bridgehead atoms. The van der Waals surface area contributed by atoms with Crippen LogP contribution >= 0.6 is 0 Å². The van der Waals surface area contributed by atoms with Gasteiger partial charge in [-0.25, -0.2) is 4.79 Å². The first kappa shape index (κ1) is 16.5. The summed E-state index contributed by atoms with van der Waals surface area (Å²) in [4.78, 5) is 22.7. The van der Waals surface area contributed by atoms with Crippen molar-refractivity contribution in [3.63, 3.8) is 0 Å². The lowest BCUT2D eigenvalue weighted by atomic mass is 10.2. The van der Waals surface area contributed by atoms with Crippen LogP contribution in [0.5, 0.6) is 0 Å². The minimum atomic E-state index is -0.380. The van der Waals surface area contributed by atoms with Gasteiger partial charge >= 0.3 is 5.97 Å². The van der Waals surface area contributed by atoms with Crippen LogP contribution in [0.15, 0.2) is 30.3 Å². The molecular formula is C16H18N2O3. The van der Waals surface area contributed by atoms with Crippen molar-refractivity contribution in [3.8, 4) is 12.3 Å². The maximum absolute atomic E-state index is 11.5. The first-order chi connectivity index (χ1) is 10.2. The standard InChI is InChI=1S/C16H18N2O3/c1-3-11-17-12-15(19)18-14-8-5-13(6-9-14)7-10-16(20)21-4-2/h1,5-10,17H,4,11-12H2,2H3,(H,18,19)/b10-7+. The number of amides is 1. The largest absolute Gasteiger partial charge is 0.463 e. The summed E-state index contributed by atoms with van der Waals surface area (Å²) in [6.45, 7) is 2.61. The molecule has 21 heavy (non-hydrogen) atoms. The van der Waals surface area contributed by atoms with Gasteiger partial charge < -0.3 is 10.1 Å². The average Bonchev–Trinajstić information content (AvgIpc) is 2.47. The molecule has 5 nitrogen and oxygen atoms in total. The number of hydrogen-bond acceptors (Lipinski definition) is 4. The van der Waals surface area contributed by atoms with Gasteiger partial charge in [0, 0.05) is 11.8 Å². The molecule has 1 amide bonds. The number of rotatable bonds is 7. The van der Waals surface area contributed by atoms with E-state index in [1.165, 1.54) is 6.08 Å². The molecule has 5 heteroatoms. The summed E-state index contributed by atoms with van der Waals surface area (Å²) in [6, 6.07) is 7.09. The van der Waals surface area contributed by atoms with Gasteiger partial charge in [0.1, 0.15) is 0 Å². The number of carbonyl (C=O) groups excluding carboxylic acids is 2. The van der Waals surface area contributed by atoms with Crippen molar-refractivity contribution in [2.45, 2.75) is 6.92 Å². The van der Waals surface area contributed by atoms with Crippen molar-refractivity contribution >= 4 is 23.6 Å². The van der Waals surface area contributed by atoms with Gasteiger partial charge in [-0.3, -0.25) is 10.1 Å². The van der Waals surface area contributed by atoms with E-state index < -0.39 is 0 Å². The van der Waals surface area contributed by atoms with Crippen LogP contribution in [0.25, 0.3) is 6.08 Å². The predicted molar refractivity (Wildman–Crippen MR) is 82.4 cm³/mol. The van der Waals surface area contributed by atoms with Crippen LogP contribution in [0, 0.1) is 12.3 Å². The highest BCUT2D eigenvalue weighted by Gasteiger charge is 2.01. The summed E-state index contributed by atoms with van der Waals surface area (Å²) in [5, 5.41) is 5.53. The van der Waals surface area contributed by atoms with Crippen molar-refractivity contribution < 1.29 is 14.3 Å². The number of carbonyl (C=O) groups is 2. The fourth-order valence-corrected chi connectivity index (χ4v) is 1.49.